The molecule has 6 heteroatoms. The number of nitrogens with one attached hydrogen (secondary N) is 1. The molecule has 18 heavy (non-hydrogen) atoms. The van der Waals surface area contributed by atoms with Crippen LogP contribution < -0.4 is 4.74 Å². The van der Waals surface area contributed by atoms with Crippen molar-refractivity contribution in [2.45, 2.75) is 13.3 Å². The van der Waals surface area contributed by atoms with Crippen molar-refractivity contribution in [2.24, 2.45) is 5.10 Å². The first kappa shape index (κ1) is 12.5. The van der Waals surface area contributed by atoms with Crippen LogP contribution in [0.4, 0.5) is 0 Å². The lowest BCUT2D eigenvalue weighted by Crippen LogP contribution is -1.98. The van der Waals surface area contributed by atoms with Crippen LogP contribution in [0.25, 0.3) is 0 Å². The second-order valence-electron chi connectivity index (χ2n) is 3.60. The molecule has 0 spiro atoms. The summed E-state index contributed by atoms with van der Waals surface area (Å²) in [6, 6.07) is 7.66. The Morgan fingerprint density at radius 3 is 3.00 bits per heavy atom. The summed E-state index contributed by atoms with van der Waals surface area (Å²) in [5.41, 5.74) is 0.894. The number of methoxy groups -OCH3 is 1. The molecule has 1 aromatic carbocycles. The Labute approximate surface area is 110 Å². The predicted molar refractivity (Wildman–Crippen MR) is 72.8 cm³/mol. The van der Waals surface area contributed by atoms with E-state index in [0.717, 1.165) is 23.6 Å². The molecule has 0 aliphatic carbocycles. The Morgan fingerprint density at radius 1 is 1.50 bits per heavy atom. The lowest BCUT2D eigenvalue weighted by molar-refractivity contribution is 0.414. The summed E-state index contributed by atoms with van der Waals surface area (Å²) in [5, 5.41) is 11.1. The average Bonchev–Trinajstić information content (AvgIpc) is 2.77. The first-order chi connectivity index (χ1) is 8.76. The Morgan fingerprint density at radius 2 is 2.28 bits per heavy atom. The Balaban J connectivity index is 2.35. The van der Waals surface area contributed by atoms with Crippen LogP contribution in [0.1, 0.15) is 18.3 Å². The van der Waals surface area contributed by atoms with Gasteiger partial charge in [0.05, 0.1) is 13.3 Å². The van der Waals surface area contributed by atoms with E-state index in [2.05, 4.69) is 15.3 Å². The summed E-state index contributed by atoms with van der Waals surface area (Å²) in [7, 11) is 1.63. The number of ether oxygens (including phenoxy) is 1. The Hall–Kier alpha value is -1.95. The molecule has 2 aromatic rings. The number of rotatable bonds is 4. The number of hydrogen-bond acceptors (Lipinski definition) is 4. The molecule has 0 fully saturated rings. The fourth-order valence-electron chi connectivity index (χ4n) is 1.57. The minimum atomic E-state index is 0.484. The summed E-state index contributed by atoms with van der Waals surface area (Å²) in [6.45, 7) is 2.00. The molecule has 2 rings (SSSR count). The normalized spacial score (nSPS) is 11.0. The van der Waals surface area contributed by atoms with Crippen LogP contribution in [0, 0.1) is 4.77 Å². The number of nitrogens with zero attached hydrogens (tertiary/aromatic N) is 3. The van der Waals surface area contributed by atoms with Crippen molar-refractivity contribution < 1.29 is 4.74 Å². The fourth-order valence-corrected chi connectivity index (χ4v) is 1.76. The van der Waals surface area contributed by atoms with E-state index in [1.807, 2.05) is 31.2 Å². The van der Waals surface area contributed by atoms with E-state index < -0.39 is 0 Å². The monoisotopic (exact) mass is 262 g/mol. The molecule has 0 atom stereocenters. The molecule has 94 valence electrons. The quantitative estimate of drug-likeness (QED) is 0.680. The summed E-state index contributed by atoms with van der Waals surface area (Å²) in [5.74, 6) is 1.57. The minimum Gasteiger partial charge on any atom is -0.496 e. The van der Waals surface area contributed by atoms with Crippen LogP contribution in [0.3, 0.4) is 0 Å². The second kappa shape index (κ2) is 5.59. The molecule has 0 aliphatic heterocycles. The van der Waals surface area contributed by atoms with Crippen LogP contribution in [0.5, 0.6) is 5.75 Å². The third kappa shape index (κ3) is 2.48. The molecule has 1 aromatic heterocycles. The van der Waals surface area contributed by atoms with Gasteiger partial charge in [-0.25, -0.2) is 0 Å². The number of para-hydroxylation sites is 1. The van der Waals surface area contributed by atoms with E-state index in [9.17, 15) is 0 Å². The van der Waals surface area contributed by atoms with E-state index in [1.54, 1.807) is 18.0 Å². The van der Waals surface area contributed by atoms with Crippen LogP contribution in [-0.4, -0.2) is 28.2 Å². The van der Waals surface area contributed by atoms with Crippen LogP contribution in [0.2, 0.25) is 0 Å². The summed E-state index contributed by atoms with van der Waals surface area (Å²) in [6.07, 6.45) is 2.47. The van der Waals surface area contributed by atoms with Crippen molar-refractivity contribution in [3.8, 4) is 5.75 Å². The number of aryl methyl sites for hydroxylation is 1. The molecule has 1 N–H and O–H groups in total. The highest BCUT2D eigenvalue weighted by atomic mass is 32.1. The number of benzene rings is 1. The van der Waals surface area contributed by atoms with Crippen molar-refractivity contribution in [3.63, 3.8) is 0 Å². The number of hydrogen-bond donors (Lipinski definition) is 1. The molecule has 0 unspecified atom stereocenters. The maximum atomic E-state index is 5.25. The molecular weight excluding hydrogens is 248 g/mol. The van der Waals surface area contributed by atoms with E-state index in [4.69, 9.17) is 17.0 Å². The maximum absolute atomic E-state index is 5.25. The zero-order valence-electron chi connectivity index (χ0n) is 10.3. The first-order valence-corrected chi connectivity index (χ1v) is 6.00. The lowest BCUT2D eigenvalue weighted by atomic mass is 10.2. The van der Waals surface area contributed by atoms with Crippen molar-refractivity contribution in [1.82, 2.24) is 14.9 Å². The molecular formula is C12H14N4OS. The van der Waals surface area contributed by atoms with E-state index in [0.29, 0.717) is 4.77 Å². The summed E-state index contributed by atoms with van der Waals surface area (Å²) >= 11 is 5.12. The van der Waals surface area contributed by atoms with E-state index >= 15 is 0 Å². The molecule has 0 saturated carbocycles. The molecule has 0 aliphatic rings. The number of aromatic amines is 1. The van der Waals surface area contributed by atoms with Crippen molar-refractivity contribution >= 4 is 18.4 Å². The molecule has 1 heterocycles. The van der Waals surface area contributed by atoms with Gasteiger partial charge in [-0.15, -0.1) is 0 Å². The zero-order chi connectivity index (χ0) is 13.0. The molecule has 0 radical (unpaired) electrons. The smallest absolute Gasteiger partial charge is 0.216 e. The molecule has 0 bridgehead atoms. The van der Waals surface area contributed by atoms with Gasteiger partial charge in [0.25, 0.3) is 0 Å². The van der Waals surface area contributed by atoms with Crippen LogP contribution in [0.15, 0.2) is 29.4 Å². The third-order valence-electron chi connectivity index (χ3n) is 2.48. The number of aromatic nitrogens is 3. The highest BCUT2D eigenvalue weighted by molar-refractivity contribution is 7.71. The van der Waals surface area contributed by atoms with Gasteiger partial charge in [0.15, 0.2) is 5.82 Å². The highest BCUT2D eigenvalue weighted by Crippen LogP contribution is 2.14. The topological polar surface area (TPSA) is 55.2 Å². The number of H-pyrrole nitrogens is 1. The van der Waals surface area contributed by atoms with Gasteiger partial charge in [0, 0.05) is 12.0 Å². The van der Waals surface area contributed by atoms with Gasteiger partial charge in [-0.1, -0.05) is 19.1 Å². The van der Waals surface area contributed by atoms with E-state index in [-0.39, 0.29) is 0 Å². The first-order valence-electron chi connectivity index (χ1n) is 5.60. The molecule has 0 amide bonds. The van der Waals surface area contributed by atoms with E-state index in [1.165, 1.54) is 0 Å². The van der Waals surface area contributed by atoms with Crippen molar-refractivity contribution in [3.05, 3.63) is 40.4 Å². The predicted octanol–water partition coefficient (Wildman–Crippen LogP) is 2.39. The average molecular weight is 262 g/mol. The Bertz CT molecular complexity index is 615. The second-order valence-corrected chi connectivity index (χ2v) is 3.98. The highest BCUT2D eigenvalue weighted by Gasteiger charge is 2.02. The van der Waals surface area contributed by atoms with Gasteiger partial charge < -0.3 is 4.74 Å². The summed E-state index contributed by atoms with van der Waals surface area (Å²) < 4.78 is 7.35. The van der Waals surface area contributed by atoms with Gasteiger partial charge in [0.1, 0.15) is 5.75 Å². The van der Waals surface area contributed by atoms with Crippen molar-refractivity contribution in [2.75, 3.05) is 7.11 Å². The standard InChI is InChI=1S/C12H14N4OS/c1-3-11-14-15-12(18)16(11)13-8-9-6-4-5-7-10(9)17-2/h4-8H,3H2,1-2H3,(H,15,18). The summed E-state index contributed by atoms with van der Waals surface area (Å²) in [4.78, 5) is 0. The van der Waals surface area contributed by atoms with Gasteiger partial charge in [-0.3, -0.25) is 5.10 Å². The largest absolute Gasteiger partial charge is 0.496 e. The zero-order valence-corrected chi connectivity index (χ0v) is 11.1. The van der Waals surface area contributed by atoms with Crippen LogP contribution >= 0.6 is 12.2 Å². The van der Waals surface area contributed by atoms with Gasteiger partial charge in [-0.05, 0) is 24.4 Å². The fraction of sp³-hybridized carbons (Fsp3) is 0.250. The van der Waals surface area contributed by atoms with Gasteiger partial charge in [-0.2, -0.15) is 14.9 Å². The van der Waals surface area contributed by atoms with Gasteiger partial charge >= 0.3 is 0 Å². The SMILES string of the molecule is CCc1n[nH]c(=S)n1N=Cc1ccccc1OC. The van der Waals surface area contributed by atoms with Crippen LogP contribution in [-0.2, 0) is 6.42 Å². The maximum Gasteiger partial charge on any atom is 0.216 e. The molecule has 5 nitrogen and oxygen atoms in total. The minimum absolute atomic E-state index is 0.484. The van der Waals surface area contributed by atoms with Gasteiger partial charge in [0.2, 0.25) is 4.77 Å². The lowest BCUT2D eigenvalue weighted by Gasteiger charge is -2.03. The third-order valence-corrected chi connectivity index (χ3v) is 2.75. The Kier molecular flexibility index (Phi) is 3.88. The molecule has 0 saturated heterocycles. The van der Waals surface area contributed by atoms with Crippen molar-refractivity contribution in [1.29, 1.82) is 0 Å².